The second kappa shape index (κ2) is 9.75. The predicted octanol–water partition coefficient (Wildman–Crippen LogP) is 4.44. The fourth-order valence-corrected chi connectivity index (χ4v) is 4.42. The van der Waals surface area contributed by atoms with Crippen LogP contribution in [0.25, 0.3) is 10.6 Å². The number of aryl methyl sites for hydroxylation is 1. The second-order valence-electron chi connectivity index (χ2n) is 7.59. The minimum Gasteiger partial charge on any atom is -0.455 e. The van der Waals surface area contributed by atoms with Crippen molar-refractivity contribution in [3.8, 4) is 10.6 Å². The molecule has 1 saturated heterocycles. The number of anilines is 2. The number of carbonyl (C=O) groups is 2. The third kappa shape index (κ3) is 5.49. The lowest BCUT2D eigenvalue weighted by molar-refractivity contribution is -0.146. The van der Waals surface area contributed by atoms with Gasteiger partial charge in [0.2, 0.25) is 0 Å². The second-order valence-corrected chi connectivity index (χ2v) is 8.45. The van der Waals surface area contributed by atoms with E-state index in [2.05, 4.69) is 21.3 Å². The number of nitrogens with zero attached hydrogens (tertiary/aromatic N) is 2. The number of rotatable bonds is 7. The Kier molecular flexibility index (Phi) is 6.62. The monoisotopic (exact) mass is 435 g/mol. The van der Waals surface area contributed by atoms with Crippen LogP contribution in [0.2, 0.25) is 0 Å². The number of hydrogen-bond donors (Lipinski definition) is 1. The van der Waals surface area contributed by atoms with Crippen LogP contribution in [-0.4, -0.2) is 36.6 Å². The van der Waals surface area contributed by atoms with Crippen LogP contribution in [-0.2, 0) is 20.7 Å². The Balaban J connectivity index is 1.26. The van der Waals surface area contributed by atoms with Crippen molar-refractivity contribution < 1.29 is 14.3 Å². The molecule has 0 spiro atoms. The molecule has 1 amide bonds. The van der Waals surface area contributed by atoms with Crippen LogP contribution in [0.15, 0.2) is 53.9 Å². The predicted molar refractivity (Wildman–Crippen MR) is 123 cm³/mol. The number of amides is 1. The Hall–Kier alpha value is -3.19. The fraction of sp³-hybridized carbons (Fsp3) is 0.292. The fourth-order valence-electron chi connectivity index (χ4n) is 3.59. The summed E-state index contributed by atoms with van der Waals surface area (Å²) in [7, 11) is 0. The van der Waals surface area contributed by atoms with E-state index in [-0.39, 0.29) is 18.9 Å². The summed E-state index contributed by atoms with van der Waals surface area (Å²) in [4.78, 5) is 31.2. The van der Waals surface area contributed by atoms with Crippen molar-refractivity contribution in [2.24, 2.45) is 0 Å². The lowest BCUT2D eigenvalue weighted by Crippen LogP contribution is -2.22. The minimum absolute atomic E-state index is 0.0418. The number of nitrogens with one attached hydrogen (secondary N) is 1. The van der Waals surface area contributed by atoms with Gasteiger partial charge in [-0.05, 0) is 43.5 Å². The quantitative estimate of drug-likeness (QED) is 0.556. The number of hydrogen-bond acceptors (Lipinski definition) is 6. The van der Waals surface area contributed by atoms with Gasteiger partial charge < -0.3 is 15.0 Å². The molecule has 6 nitrogen and oxygen atoms in total. The van der Waals surface area contributed by atoms with Gasteiger partial charge in [0, 0.05) is 35.4 Å². The van der Waals surface area contributed by atoms with Crippen molar-refractivity contribution in [3.05, 3.63) is 65.2 Å². The van der Waals surface area contributed by atoms with Crippen molar-refractivity contribution in [2.75, 3.05) is 29.9 Å². The van der Waals surface area contributed by atoms with Crippen LogP contribution in [0, 0.1) is 6.92 Å². The molecule has 0 radical (unpaired) electrons. The number of carbonyl (C=O) groups excluding carboxylic acids is 2. The van der Waals surface area contributed by atoms with Gasteiger partial charge in [-0.2, -0.15) is 0 Å². The molecule has 1 aliphatic rings. The first kappa shape index (κ1) is 21.1. The summed E-state index contributed by atoms with van der Waals surface area (Å²) < 4.78 is 5.15. The summed E-state index contributed by atoms with van der Waals surface area (Å²) in [6.45, 7) is 3.80. The van der Waals surface area contributed by atoms with Gasteiger partial charge in [0.15, 0.2) is 6.61 Å². The molecule has 2 heterocycles. The van der Waals surface area contributed by atoms with Crippen LogP contribution < -0.4 is 10.2 Å². The number of aromatic nitrogens is 1. The molecule has 0 unspecified atom stereocenters. The third-order valence-electron chi connectivity index (χ3n) is 5.22. The van der Waals surface area contributed by atoms with E-state index in [0.29, 0.717) is 5.69 Å². The lowest BCUT2D eigenvalue weighted by Gasteiger charge is -2.19. The highest BCUT2D eigenvalue weighted by molar-refractivity contribution is 7.13. The summed E-state index contributed by atoms with van der Waals surface area (Å²) in [5.74, 6) is -0.824. The Labute approximate surface area is 185 Å². The molecule has 31 heavy (non-hydrogen) atoms. The Morgan fingerprint density at radius 1 is 1.13 bits per heavy atom. The molecule has 3 aromatic rings. The molecular weight excluding hydrogens is 410 g/mol. The summed E-state index contributed by atoms with van der Waals surface area (Å²) in [5, 5.41) is 5.52. The third-order valence-corrected chi connectivity index (χ3v) is 6.16. The van der Waals surface area contributed by atoms with Crippen LogP contribution in [0.3, 0.4) is 0 Å². The first-order valence-electron chi connectivity index (χ1n) is 10.4. The maximum Gasteiger partial charge on any atom is 0.312 e. The summed E-state index contributed by atoms with van der Waals surface area (Å²) in [6, 6.07) is 15.8. The largest absolute Gasteiger partial charge is 0.455 e. The van der Waals surface area contributed by atoms with E-state index in [1.165, 1.54) is 29.9 Å². The van der Waals surface area contributed by atoms with Gasteiger partial charge in [-0.25, -0.2) is 4.98 Å². The average molecular weight is 436 g/mol. The number of ether oxygens (including phenoxy) is 1. The first-order valence-corrected chi connectivity index (χ1v) is 11.3. The van der Waals surface area contributed by atoms with Crippen molar-refractivity contribution >= 4 is 34.6 Å². The maximum atomic E-state index is 12.2. The highest BCUT2D eigenvalue weighted by atomic mass is 32.1. The van der Waals surface area contributed by atoms with Gasteiger partial charge in [0.05, 0.1) is 12.1 Å². The van der Waals surface area contributed by atoms with Crippen LogP contribution in [0.4, 0.5) is 11.4 Å². The van der Waals surface area contributed by atoms with Crippen molar-refractivity contribution in [1.29, 1.82) is 0 Å². The average Bonchev–Trinajstić information content (AvgIpc) is 3.47. The molecule has 0 saturated carbocycles. The van der Waals surface area contributed by atoms with Gasteiger partial charge in [0.1, 0.15) is 5.01 Å². The van der Waals surface area contributed by atoms with E-state index in [1.54, 1.807) is 0 Å². The molecule has 1 N–H and O–H groups in total. The van der Waals surface area contributed by atoms with Gasteiger partial charge in [0.25, 0.3) is 5.91 Å². The molecule has 160 valence electrons. The molecule has 1 aliphatic heterocycles. The molecule has 1 fully saturated rings. The van der Waals surface area contributed by atoms with E-state index in [4.69, 9.17) is 4.74 Å². The summed E-state index contributed by atoms with van der Waals surface area (Å²) in [5.41, 5.74) is 4.55. The molecule has 7 heteroatoms. The van der Waals surface area contributed by atoms with Crippen LogP contribution >= 0.6 is 11.3 Å². The Bertz CT molecular complexity index is 1060. The Morgan fingerprint density at radius 3 is 2.65 bits per heavy atom. The van der Waals surface area contributed by atoms with E-state index in [0.717, 1.165) is 34.9 Å². The van der Waals surface area contributed by atoms with E-state index >= 15 is 0 Å². The zero-order valence-corrected chi connectivity index (χ0v) is 18.3. The van der Waals surface area contributed by atoms with Crippen molar-refractivity contribution in [2.45, 2.75) is 26.2 Å². The SMILES string of the molecule is Cc1cc(N2CCCC2)ccc1NC(=O)COC(=O)Cc1csc(-c2ccccc2)n1. The number of thiazole rings is 1. The summed E-state index contributed by atoms with van der Waals surface area (Å²) in [6.07, 6.45) is 2.48. The molecule has 0 aliphatic carbocycles. The van der Waals surface area contributed by atoms with Gasteiger partial charge in [-0.15, -0.1) is 11.3 Å². The molecule has 4 rings (SSSR count). The molecular formula is C24H25N3O3S. The number of benzene rings is 2. The van der Waals surface area contributed by atoms with Gasteiger partial charge in [-0.1, -0.05) is 30.3 Å². The normalized spacial score (nSPS) is 13.3. The van der Waals surface area contributed by atoms with Gasteiger partial charge in [-0.3, -0.25) is 9.59 Å². The zero-order chi connectivity index (χ0) is 21.6. The van der Waals surface area contributed by atoms with E-state index in [1.807, 2.05) is 54.8 Å². The Morgan fingerprint density at radius 2 is 1.90 bits per heavy atom. The zero-order valence-electron chi connectivity index (χ0n) is 17.5. The highest BCUT2D eigenvalue weighted by Crippen LogP contribution is 2.26. The molecule has 2 aromatic carbocycles. The van der Waals surface area contributed by atoms with Crippen molar-refractivity contribution in [3.63, 3.8) is 0 Å². The lowest BCUT2D eigenvalue weighted by atomic mass is 10.1. The summed E-state index contributed by atoms with van der Waals surface area (Å²) >= 11 is 1.48. The molecule has 1 aromatic heterocycles. The highest BCUT2D eigenvalue weighted by Gasteiger charge is 2.15. The number of esters is 1. The minimum atomic E-state index is -0.471. The van der Waals surface area contributed by atoms with E-state index < -0.39 is 5.97 Å². The van der Waals surface area contributed by atoms with Gasteiger partial charge >= 0.3 is 5.97 Å². The van der Waals surface area contributed by atoms with Crippen molar-refractivity contribution in [1.82, 2.24) is 4.98 Å². The van der Waals surface area contributed by atoms with E-state index in [9.17, 15) is 9.59 Å². The standard InChI is InChI=1S/C24H25N3O3S/c1-17-13-20(27-11-5-6-12-27)9-10-21(17)26-22(28)15-30-23(29)14-19-16-31-24(25-19)18-7-3-2-4-8-18/h2-4,7-10,13,16H,5-6,11-12,14-15H2,1H3,(H,26,28). The first-order chi connectivity index (χ1) is 15.1. The molecule has 0 atom stereocenters. The van der Waals surface area contributed by atoms with Crippen LogP contribution in [0.5, 0.6) is 0 Å². The smallest absolute Gasteiger partial charge is 0.312 e. The topological polar surface area (TPSA) is 71.5 Å². The maximum absolute atomic E-state index is 12.2. The van der Waals surface area contributed by atoms with Crippen LogP contribution in [0.1, 0.15) is 24.1 Å². The molecule has 0 bridgehead atoms.